The van der Waals surface area contributed by atoms with E-state index < -0.39 is 28.8 Å². The molecule has 0 unspecified atom stereocenters. The highest BCUT2D eigenvalue weighted by Gasteiger charge is 2.33. The highest BCUT2D eigenvalue weighted by atomic mass is 35.5. The number of carbonyl (C=O) groups excluding carboxylic acids is 2. The van der Waals surface area contributed by atoms with E-state index in [2.05, 4.69) is 30.9 Å². The second-order valence-electron chi connectivity index (χ2n) is 8.01. The third-order valence-electron chi connectivity index (χ3n) is 5.40. The van der Waals surface area contributed by atoms with E-state index in [0.29, 0.717) is 29.1 Å². The molecular formula is C24H22ClF3N8O3. The van der Waals surface area contributed by atoms with Gasteiger partial charge in [-0.1, -0.05) is 11.6 Å². The number of anilines is 3. The highest BCUT2D eigenvalue weighted by Crippen LogP contribution is 2.36. The van der Waals surface area contributed by atoms with Gasteiger partial charge in [-0.05, 0) is 49.4 Å². The first-order valence-corrected chi connectivity index (χ1v) is 11.9. The predicted molar refractivity (Wildman–Crippen MR) is 139 cm³/mol. The van der Waals surface area contributed by atoms with E-state index in [1.165, 1.54) is 23.6 Å². The molecule has 4 aromatic rings. The molecule has 0 atom stereocenters. The van der Waals surface area contributed by atoms with E-state index in [4.69, 9.17) is 11.6 Å². The van der Waals surface area contributed by atoms with Crippen LogP contribution in [-0.2, 0) is 6.18 Å². The molecule has 39 heavy (non-hydrogen) atoms. The summed E-state index contributed by atoms with van der Waals surface area (Å²) < 4.78 is 40.9. The average Bonchev–Trinajstić information content (AvgIpc) is 3.33. The number of hydrogen-bond acceptors (Lipinski definition) is 6. The van der Waals surface area contributed by atoms with Crippen molar-refractivity contribution < 1.29 is 27.9 Å². The van der Waals surface area contributed by atoms with Gasteiger partial charge >= 0.3 is 18.2 Å². The second-order valence-corrected chi connectivity index (χ2v) is 8.42. The quantitative estimate of drug-likeness (QED) is 0.258. The van der Waals surface area contributed by atoms with Crippen LogP contribution in [0.5, 0.6) is 0 Å². The fourth-order valence-electron chi connectivity index (χ4n) is 3.68. The summed E-state index contributed by atoms with van der Waals surface area (Å²) in [7, 11) is 0. The number of aromatic nitrogens is 4. The number of aliphatic hydroxyl groups excluding tert-OH is 1. The summed E-state index contributed by atoms with van der Waals surface area (Å²) in [6.45, 7) is 1.87. The van der Waals surface area contributed by atoms with Crippen molar-refractivity contribution in [3.63, 3.8) is 0 Å². The van der Waals surface area contributed by atoms with Crippen LogP contribution in [0.2, 0.25) is 5.02 Å². The maximum Gasteiger partial charge on any atom is 0.417 e. The first-order chi connectivity index (χ1) is 18.6. The number of aliphatic hydroxyl groups is 1. The number of alkyl halides is 3. The van der Waals surface area contributed by atoms with Gasteiger partial charge in [-0.2, -0.15) is 13.2 Å². The molecule has 0 fully saturated rings. The molecule has 4 N–H and O–H groups in total. The third kappa shape index (κ3) is 6.18. The molecule has 0 spiro atoms. The Balaban J connectivity index is 1.52. The number of carbonyl (C=O) groups is 2. The lowest BCUT2D eigenvalue weighted by atomic mass is 10.2. The van der Waals surface area contributed by atoms with Crippen molar-refractivity contribution in [1.82, 2.24) is 24.8 Å². The monoisotopic (exact) mass is 562 g/mol. The van der Waals surface area contributed by atoms with Gasteiger partial charge in [0.25, 0.3) is 0 Å². The molecule has 2 aromatic carbocycles. The molecular weight excluding hydrogens is 541 g/mol. The standard InChI is InChI=1S/C24H22ClF3N8O3/c1-2-29-23(39)35(9-10-37)20-19-21(31-12-30-20)36(13-32-19)16-6-3-14(4-7-16)33-22(38)34-15-5-8-18(25)17(11-15)24(26,27)28/h3-8,11-13,37H,2,9-10H2,1H3,(H,29,39)(H2,33,34,38). The van der Waals surface area contributed by atoms with Gasteiger partial charge in [0.2, 0.25) is 0 Å². The van der Waals surface area contributed by atoms with Crippen molar-refractivity contribution in [2.24, 2.45) is 0 Å². The molecule has 0 aliphatic heterocycles. The number of rotatable bonds is 7. The molecule has 0 radical (unpaired) electrons. The van der Waals surface area contributed by atoms with Gasteiger partial charge in [-0.15, -0.1) is 0 Å². The molecule has 0 bridgehead atoms. The van der Waals surface area contributed by atoms with E-state index in [0.717, 1.165) is 12.1 Å². The Hall–Kier alpha value is -4.43. The number of halogens is 4. The van der Waals surface area contributed by atoms with Crippen LogP contribution < -0.4 is 20.9 Å². The Bertz CT molecular complexity index is 1490. The third-order valence-corrected chi connectivity index (χ3v) is 5.73. The minimum atomic E-state index is -4.66. The van der Waals surface area contributed by atoms with Crippen LogP contribution >= 0.6 is 11.6 Å². The molecule has 204 valence electrons. The lowest BCUT2D eigenvalue weighted by molar-refractivity contribution is -0.137. The Morgan fingerprint density at radius 3 is 2.41 bits per heavy atom. The van der Waals surface area contributed by atoms with Gasteiger partial charge in [0, 0.05) is 23.6 Å². The first-order valence-electron chi connectivity index (χ1n) is 11.5. The minimum Gasteiger partial charge on any atom is -0.395 e. The topological polar surface area (TPSA) is 137 Å². The Labute approximate surface area is 224 Å². The van der Waals surface area contributed by atoms with Crippen LogP contribution in [0.25, 0.3) is 16.9 Å². The van der Waals surface area contributed by atoms with Crippen molar-refractivity contribution in [1.29, 1.82) is 0 Å². The molecule has 0 aliphatic carbocycles. The molecule has 0 saturated carbocycles. The predicted octanol–water partition coefficient (Wildman–Crippen LogP) is 4.66. The zero-order valence-corrected chi connectivity index (χ0v) is 21.1. The van der Waals surface area contributed by atoms with Gasteiger partial charge < -0.3 is 21.1 Å². The van der Waals surface area contributed by atoms with Crippen LogP contribution in [0, 0.1) is 0 Å². The minimum absolute atomic E-state index is 0.000769. The first kappa shape index (κ1) is 27.6. The number of nitrogens with zero attached hydrogens (tertiary/aromatic N) is 5. The Kier molecular flexibility index (Phi) is 8.16. The zero-order valence-electron chi connectivity index (χ0n) is 20.3. The molecule has 15 heteroatoms. The van der Waals surface area contributed by atoms with Crippen molar-refractivity contribution in [3.05, 3.63) is 65.7 Å². The Morgan fingerprint density at radius 2 is 1.74 bits per heavy atom. The fourth-order valence-corrected chi connectivity index (χ4v) is 3.90. The number of fused-ring (bicyclic) bond motifs is 1. The van der Waals surface area contributed by atoms with Crippen LogP contribution in [0.4, 0.5) is 40.0 Å². The van der Waals surface area contributed by atoms with Gasteiger partial charge in [0.1, 0.15) is 12.7 Å². The molecule has 2 heterocycles. The van der Waals surface area contributed by atoms with Crippen LogP contribution in [0.1, 0.15) is 12.5 Å². The second kappa shape index (κ2) is 11.5. The largest absolute Gasteiger partial charge is 0.417 e. The van der Waals surface area contributed by atoms with E-state index in [-0.39, 0.29) is 24.7 Å². The smallest absolute Gasteiger partial charge is 0.395 e. The van der Waals surface area contributed by atoms with E-state index in [9.17, 15) is 27.9 Å². The summed E-state index contributed by atoms with van der Waals surface area (Å²) in [4.78, 5) is 38.9. The van der Waals surface area contributed by atoms with Gasteiger partial charge in [-0.25, -0.2) is 24.5 Å². The summed E-state index contributed by atoms with van der Waals surface area (Å²) >= 11 is 5.61. The molecule has 4 amide bonds. The molecule has 0 aliphatic rings. The van der Waals surface area contributed by atoms with Crippen LogP contribution in [-0.4, -0.2) is 56.4 Å². The van der Waals surface area contributed by atoms with Gasteiger partial charge in [-0.3, -0.25) is 9.47 Å². The van der Waals surface area contributed by atoms with E-state index >= 15 is 0 Å². The number of benzene rings is 2. The summed E-state index contributed by atoms with van der Waals surface area (Å²) in [6, 6.07) is 8.36. The fraction of sp³-hybridized carbons (Fsp3) is 0.208. The van der Waals surface area contributed by atoms with Crippen LogP contribution in [0.15, 0.2) is 55.1 Å². The lowest BCUT2D eigenvalue weighted by Gasteiger charge is -2.20. The molecule has 0 saturated heterocycles. The van der Waals surface area contributed by atoms with E-state index in [1.807, 2.05) is 0 Å². The highest BCUT2D eigenvalue weighted by molar-refractivity contribution is 6.31. The average molecular weight is 563 g/mol. The summed E-state index contributed by atoms with van der Waals surface area (Å²) in [5, 5.41) is 16.5. The molecule has 4 rings (SSSR count). The zero-order chi connectivity index (χ0) is 28.2. The SMILES string of the molecule is CCNC(=O)N(CCO)c1ncnc2c1ncn2-c1ccc(NC(=O)Nc2ccc(Cl)c(C(F)(F)F)c2)cc1. The number of amides is 4. The van der Waals surface area contributed by atoms with Crippen molar-refractivity contribution >= 4 is 52.0 Å². The van der Waals surface area contributed by atoms with E-state index in [1.54, 1.807) is 35.8 Å². The Morgan fingerprint density at radius 1 is 1.05 bits per heavy atom. The van der Waals surface area contributed by atoms with Crippen molar-refractivity contribution in [3.8, 4) is 5.69 Å². The summed E-state index contributed by atoms with van der Waals surface area (Å²) in [5.74, 6) is 0.226. The van der Waals surface area contributed by atoms with Crippen molar-refractivity contribution in [2.45, 2.75) is 13.1 Å². The molecule has 2 aromatic heterocycles. The normalized spacial score (nSPS) is 11.3. The summed E-state index contributed by atoms with van der Waals surface area (Å²) in [5.41, 5.74) is 0.577. The molecule has 11 nitrogen and oxygen atoms in total. The number of nitrogens with one attached hydrogen (secondary N) is 3. The van der Waals surface area contributed by atoms with Crippen molar-refractivity contribution in [2.75, 3.05) is 35.2 Å². The number of imidazole rings is 1. The van der Waals surface area contributed by atoms with Crippen LogP contribution in [0.3, 0.4) is 0 Å². The van der Waals surface area contributed by atoms with Gasteiger partial charge in [0.05, 0.1) is 23.7 Å². The van der Waals surface area contributed by atoms with Gasteiger partial charge in [0.15, 0.2) is 17.0 Å². The number of hydrogen-bond donors (Lipinski definition) is 4. The maximum absolute atomic E-state index is 13.1. The lowest BCUT2D eigenvalue weighted by Crippen LogP contribution is -2.42. The maximum atomic E-state index is 13.1. The number of urea groups is 2. The summed E-state index contributed by atoms with van der Waals surface area (Å²) in [6.07, 6.45) is -1.89.